The van der Waals surface area contributed by atoms with Crippen LogP contribution in [0.1, 0.15) is 43.5 Å². The Morgan fingerprint density at radius 2 is 1.64 bits per heavy atom. The summed E-state index contributed by atoms with van der Waals surface area (Å²) < 4.78 is 0. The molecule has 72 valence electrons. The van der Waals surface area contributed by atoms with Gasteiger partial charge in [0, 0.05) is 0 Å². The van der Waals surface area contributed by atoms with Crippen LogP contribution in [0.2, 0.25) is 0 Å². The van der Waals surface area contributed by atoms with Gasteiger partial charge in [0.05, 0.1) is 7.85 Å². The van der Waals surface area contributed by atoms with Crippen molar-refractivity contribution >= 4 is 7.85 Å². The van der Waals surface area contributed by atoms with E-state index in [1.54, 1.807) is 0 Å². The summed E-state index contributed by atoms with van der Waals surface area (Å²) >= 11 is 0. The van der Waals surface area contributed by atoms with Crippen LogP contribution in [-0.4, -0.2) is 7.85 Å². The molecule has 0 nitrogen and oxygen atoms in total. The van der Waals surface area contributed by atoms with Gasteiger partial charge in [0.15, 0.2) is 0 Å². The third kappa shape index (κ3) is 2.20. The Balaban J connectivity index is 2.03. The standard InChI is InChI=1S/C13H17B/c14-13(11-7-3-1-4-8-11)12-9-5-2-6-10-12/h1,3-4,7-8,12-13H,2,5-6,9-10H2. The van der Waals surface area contributed by atoms with Crippen LogP contribution in [0.4, 0.5) is 0 Å². The van der Waals surface area contributed by atoms with E-state index in [2.05, 4.69) is 30.3 Å². The average molecular weight is 184 g/mol. The molecule has 0 spiro atoms. The zero-order chi connectivity index (χ0) is 9.80. The smallest absolute Gasteiger partial charge is 0.0622 e. The van der Waals surface area contributed by atoms with Gasteiger partial charge in [0.25, 0.3) is 0 Å². The van der Waals surface area contributed by atoms with E-state index < -0.39 is 0 Å². The van der Waals surface area contributed by atoms with E-state index in [9.17, 15) is 0 Å². The molecule has 1 atom stereocenters. The van der Waals surface area contributed by atoms with Gasteiger partial charge in [-0.3, -0.25) is 0 Å². The van der Waals surface area contributed by atoms with Crippen molar-refractivity contribution in [2.24, 2.45) is 5.92 Å². The summed E-state index contributed by atoms with van der Waals surface area (Å²) in [5.74, 6) is 0.975. The Kier molecular flexibility index (Phi) is 3.28. The molecule has 1 heteroatoms. The first-order valence-corrected chi connectivity index (χ1v) is 5.68. The van der Waals surface area contributed by atoms with Crippen LogP contribution < -0.4 is 0 Å². The van der Waals surface area contributed by atoms with Crippen molar-refractivity contribution in [3.8, 4) is 0 Å². The largest absolute Gasteiger partial charge is 0.0767 e. The summed E-state index contributed by atoms with van der Waals surface area (Å²) in [6.45, 7) is 0. The molecular formula is C13H17B. The maximum Gasteiger partial charge on any atom is 0.0767 e. The second-order valence-electron chi connectivity index (χ2n) is 4.33. The fourth-order valence-electron chi connectivity index (χ4n) is 2.44. The molecule has 0 bridgehead atoms. The summed E-state index contributed by atoms with van der Waals surface area (Å²) in [5.41, 5.74) is 1.31. The number of hydrogen-bond acceptors (Lipinski definition) is 0. The molecule has 2 rings (SSSR count). The zero-order valence-corrected chi connectivity index (χ0v) is 8.65. The van der Waals surface area contributed by atoms with Crippen LogP contribution in [0.5, 0.6) is 0 Å². The van der Waals surface area contributed by atoms with Crippen molar-refractivity contribution in [3.05, 3.63) is 35.9 Å². The van der Waals surface area contributed by atoms with E-state index in [1.165, 1.54) is 37.7 Å². The molecule has 0 aliphatic heterocycles. The van der Waals surface area contributed by atoms with Crippen molar-refractivity contribution in [3.63, 3.8) is 0 Å². The Morgan fingerprint density at radius 1 is 1.00 bits per heavy atom. The molecular weight excluding hydrogens is 167 g/mol. The van der Waals surface area contributed by atoms with Crippen molar-refractivity contribution < 1.29 is 0 Å². The molecule has 0 amide bonds. The molecule has 1 aliphatic carbocycles. The van der Waals surface area contributed by atoms with Gasteiger partial charge >= 0.3 is 0 Å². The van der Waals surface area contributed by atoms with Crippen molar-refractivity contribution in [2.45, 2.75) is 37.9 Å². The van der Waals surface area contributed by atoms with Crippen LogP contribution in [-0.2, 0) is 0 Å². The maximum absolute atomic E-state index is 6.27. The minimum atomic E-state index is 0.261. The number of rotatable bonds is 2. The summed E-state index contributed by atoms with van der Waals surface area (Å²) in [6.07, 6.45) is 6.76. The predicted molar refractivity (Wildman–Crippen MR) is 61.5 cm³/mol. The first-order chi connectivity index (χ1) is 6.88. The van der Waals surface area contributed by atoms with Gasteiger partial charge in [0.1, 0.15) is 0 Å². The Bertz CT molecular complexity index is 262. The highest BCUT2D eigenvalue weighted by Crippen LogP contribution is 2.33. The van der Waals surface area contributed by atoms with Crippen LogP contribution in [0.3, 0.4) is 0 Å². The van der Waals surface area contributed by atoms with Crippen molar-refractivity contribution in [1.29, 1.82) is 0 Å². The molecule has 1 unspecified atom stereocenters. The fraction of sp³-hybridized carbons (Fsp3) is 0.538. The predicted octanol–water partition coefficient (Wildman–Crippen LogP) is 3.48. The topological polar surface area (TPSA) is 0 Å². The van der Waals surface area contributed by atoms with Gasteiger partial charge in [-0.2, -0.15) is 0 Å². The summed E-state index contributed by atoms with van der Waals surface area (Å²) in [6, 6.07) is 10.5. The Labute approximate surface area is 88.1 Å². The van der Waals surface area contributed by atoms with Gasteiger partial charge in [-0.1, -0.05) is 73.8 Å². The third-order valence-corrected chi connectivity index (χ3v) is 3.34. The molecule has 0 aromatic heterocycles. The monoisotopic (exact) mass is 184 g/mol. The molecule has 0 N–H and O–H groups in total. The SMILES string of the molecule is [B]C(c1ccccc1)C1CCCCC1. The average Bonchev–Trinajstić information content (AvgIpc) is 2.30. The highest BCUT2D eigenvalue weighted by Gasteiger charge is 2.20. The quantitative estimate of drug-likeness (QED) is 0.617. The van der Waals surface area contributed by atoms with Crippen LogP contribution in [0, 0.1) is 5.92 Å². The molecule has 1 aromatic rings. The minimum absolute atomic E-state index is 0.261. The summed E-state index contributed by atoms with van der Waals surface area (Å²) in [4.78, 5) is 0. The van der Waals surface area contributed by atoms with E-state index in [0.717, 1.165) is 0 Å². The normalized spacial score (nSPS) is 20.6. The molecule has 0 saturated heterocycles. The zero-order valence-electron chi connectivity index (χ0n) is 8.65. The van der Waals surface area contributed by atoms with E-state index in [0.29, 0.717) is 5.92 Å². The lowest BCUT2D eigenvalue weighted by atomic mass is 9.67. The number of benzene rings is 1. The second-order valence-corrected chi connectivity index (χ2v) is 4.33. The second kappa shape index (κ2) is 4.68. The molecule has 2 radical (unpaired) electrons. The summed E-state index contributed by atoms with van der Waals surface area (Å²) in [5, 5.41) is 0. The molecule has 0 heterocycles. The lowest BCUT2D eigenvalue weighted by Gasteiger charge is -2.28. The fourth-order valence-corrected chi connectivity index (χ4v) is 2.44. The van der Waals surface area contributed by atoms with Crippen molar-refractivity contribution in [2.75, 3.05) is 0 Å². The van der Waals surface area contributed by atoms with E-state index >= 15 is 0 Å². The first kappa shape index (κ1) is 9.83. The molecule has 1 aromatic carbocycles. The van der Waals surface area contributed by atoms with Crippen LogP contribution in [0.25, 0.3) is 0 Å². The lowest BCUT2D eigenvalue weighted by molar-refractivity contribution is 0.348. The maximum atomic E-state index is 6.27. The van der Waals surface area contributed by atoms with E-state index in [1.807, 2.05) is 0 Å². The van der Waals surface area contributed by atoms with Gasteiger partial charge < -0.3 is 0 Å². The highest BCUT2D eigenvalue weighted by molar-refractivity contribution is 6.12. The van der Waals surface area contributed by atoms with Crippen LogP contribution >= 0.6 is 0 Å². The van der Waals surface area contributed by atoms with E-state index in [-0.39, 0.29) is 5.82 Å². The molecule has 14 heavy (non-hydrogen) atoms. The Hall–Kier alpha value is -0.715. The Morgan fingerprint density at radius 3 is 2.29 bits per heavy atom. The van der Waals surface area contributed by atoms with Gasteiger partial charge in [0.2, 0.25) is 0 Å². The third-order valence-electron chi connectivity index (χ3n) is 3.34. The lowest BCUT2D eigenvalue weighted by Crippen LogP contribution is -2.16. The first-order valence-electron chi connectivity index (χ1n) is 5.68. The molecule has 1 aliphatic rings. The highest BCUT2D eigenvalue weighted by atomic mass is 14.2. The van der Waals surface area contributed by atoms with Gasteiger partial charge in [-0.25, -0.2) is 0 Å². The van der Waals surface area contributed by atoms with Crippen molar-refractivity contribution in [1.82, 2.24) is 0 Å². The molecule has 1 fully saturated rings. The van der Waals surface area contributed by atoms with Gasteiger partial charge in [-0.15, -0.1) is 0 Å². The van der Waals surface area contributed by atoms with Gasteiger partial charge in [-0.05, 0) is 5.92 Å². The number of hydrogen-bond donors (Lipinski definition) is 0. The summed E-state index contributed by atoms with van der Waals surface area (Å²) in [7, 11) is 6.27. The molecule has 1 saturated carbocycles. The van der Waals surface area contributed by atoms with Crippen LogP contribution in [0.15, 0.2) is 30.3 Å². The minimum Gasteiger partial charge on any atom is -0.0622 e. The van der Waals surface area contributed by atoms with E-state index in [4.69, 9.17) is 7.85 Å².